The van der Waals surface area contributed by atoms with Crippen LogP contribution in [0, 0.1) is 0 Å². The maximum atomic E-state index is 4.63. The summed E-state index contributed by atoms with van der Waals surface area (Å²) in [5.41, 5.74) is 2.38. The zero-order valence-corrected chi connectivity index (χ0v) is 13.2. The number of nitrogens with one attached hydrogen (secondary N) is 1. The monoisotopic (exact) mass is 333 g/mol. The zero-order chi connectivity index (χ0) is 13.8. The Morgan fingerprint density at radius 3 is 2.85 bits per heavy atom. The van der Waals surface area contributed by atoms with Crippen molar-refractivity contribution in [3.63, 3.8) is 0 Å². The Bertz CT molecular complexity index is 579. The van der Waals surface area contributed by atoms with Crippen molar-refractivity contribution in [1.29, 1.82) is 0 Å². The number of fused-ring (bicyclic) bond motifs is 1. The summed E-state index contributed by atoms with van der Waals surface area (Å²) in [6, 6.07) is 10.6. The van der Waals surface area contributed by atoms with Gasteiger partial charge in [-0.3, -0.25) is 0 Å². The summed E-state index contributed by atoms with van der Waals surface area (Å²) in [7, 11) is 0. The van der Waals surface area contributed by atoms with Crippen molar-refractivity contribution in [2.45, 2.75) is 12.8 Å². The minimum absolute atomic E-state index is 0.997. The molecule has 0 bridgehead atoms. The first-order valence-electron chi connectivity index (χ1n) is 7.30. The average Bonchev–Trinajstić information content (AvgIpc) is 2.49. The van der Waals surface area contributed by atoms with Gasteiger partial charge >= 0.3 is 0 Å². The van der Waals surface area contributed by atoms with Crippen LogP contribution < -0.4 is 5.32 Å². The molecular weight excluding hydrogens is 314 g/mol. The number of aryl methyl sites for hydroxylation is 1. The van der Waals surface area contributed by atoms with E-state index in [1.165, 1.54) is 37.0 Å². The molecule has 1 aliphatic rings. The van der Waals surface area contributed by atoms with Gasteiger partial charge in [0.05, 0.1) is 5.52 Å². The highest BCUT2D eigenvalue weighted by Crippen LogP contribution is 2.22. The fraction of sp³-hybridized carbons (Fsp3) is 0.438. The van der Waals surface area contributed by atoms with Crippen molar-refractivity contribution in [2.24, 2.45) is 0 Å². The molecule has 1 N–H and O–H groups in total. The molecular formula is C16H20BrN3. The molecule has 1 aromatic carbocycles. The second kappa shape index (κ2) is 6.66. The summed E-state index contributed by atoms with van der Waals surface area (Å²) in [6.07, 6.45) is 2.28. The summed E-state index contributed by atoms with van der Waals surface area (Å²) in [5, 5.41) is 4.62. The average molecular weight is 334 g/mol. The number of para-hydroxylation sites is 1. The number of hydrogen-bond donors (Lipinski definition) is 1. The van der Waals surface area contributed by atoms with E-state index < -0.39 is 0 Å². The van der Waals surface area contributed by atoms with Gasteiger partial charge in [-0.05, 0) is 53.0 Å². The molecule has 0 saturated carbocycles. The minimum atomic E-state index is 0.997. The van der Waals surface area contributed by atoms with Gasteiger partial charge in [-0.25, -0.2) is 4.98 Å². The Balaban J connectivity index is 1.63. The quantitative estimate of drug-likeness (QED) is 0.872. The summed E-state index contributed by atoms with van der Waals surface area (Å²) < 4.78 is 0.997. The Hall–Kier alpha value is -0.970. The summed E-state index contributed by atoms with van der Waals surface area (Å²) >= 11 is 3.61. The van der Waals surface area contributed by atoms with Crippen LogP contribution in [0.15, 0.2) is 34.9 Å². The Morgan fingerprint density at radius 1 is 1.20 bits per heavy atom. The normalized spacial score (nSPS) is 16.6. The molecule has 3 rings (SSSR count). The molecule has 1 saturated heterocycles. The number of piperazine rings is 1. The third-order valence-electron chi connectivity index (χ3n) is 3.88. The molecule has 0 unspecified atom stereocenters. The van der Waals surface area contributed by atoms with Gasteiger partial charge < -0.3 is 10.2 Å². The van der Waals surface area contributed by atoms with Crippen molar-refractivity contribution >= 4 is 26.8 Å². The van der Waals surface area contributed by atoms with Crippen molar-refractivity contribution in [3.8, 4) is 0 Å². The van der Waals surface area contributed by atoms with Crippen molar-refractivity contribution in [1.82, 2.24) is 15.2 Å². The van der Waals surface area contributed by atoms with Crippen molar-refractivity contribution < 1.29 is 0 Å². The number of hydrogen-bond acceptors (Lipinski definition) is 3. The summed E-state index contributed by atoms with van der Waals surface area (Å²) in [6.45, 7) is 5.79. The van der Waals surface area contributed by atoms with Crippen LogP contribution in [-0.4, -0.2) is 42.6 Å². The van der Waals surface area contributed by atoms with Crippen molar-refractivity contribution in [2.75, 3.05) is 32.7 Å². The maximum Gasteiger partial charge on any atom is 0.110 e. The number of halogens is 1. The Kier molecular flexibility index (Phi) is 4.65. The van der Waals surface area contributed by atoms with Gasteiger partial charge in [-0.15, -0.1) is 0 Å². The Labute approximate surface area is 128 Å². The lowest BCUT2D eigenvalue weighted by molar-refractivity contribution is 0.238. The van der Waals surface area contributed by atoms with E-state index in [1.54, 1.807) is 0 Å². The molecule has 2 heterocycles. The number of nitrogens with zero attached hydrogens (tertiary/aromatic N) is 2. The summed E-state index contributed by atoms with van der Waals surface area (Å²) in [5.74, 6) is 0. The van der Waals surface area contributed by atoms with Gasteiger partial charge in [0.25, 0.3) is 0 Å². The lowest BCUT2D eigenvalue weighted by atomic mass is 10.1. The number of rotatable bonds is 4. The van der Waals surface area contributed by atoms with Gasteiger partial charge in [0.15, 0.2) is 0 Å². The lowest BCUT2D eigenvalue weighted by Gasteiger charge is -2.27. The smallest absolute Gasteiger partial charge is 0.110 e. The van der Waals surface area contributed by atoms with Crippen LogP contribution in [0.2, 0.25) is 0 Å². The number of aromatic nitrogens is 1. The SMILES string of the molecule is Brc1nc2ccccc2cc1CCCN1CCNCC1. The van der Waals surface area contributed by atoms with Crippen LogP contribution in [0.3, 0.4) is 0 Å². The molecule has 1 aliphatic heterocycles. The van der Waals surface area contributed by atoms with Gasteiger partial charge in [0.1, 0.15) is 4.60 Å². The predicted molar refractivity (Wildman–Crippen MR) is 87.1 cm³/mol. The van der Waals surface area contributed by atoms with Gasteiger partial charge in [0, 0.05) is 31.6 Å². The van der Waals surface area contributed by atoms with E-state index in [4.69, 9.17) is 0 Å². The highest BCUT2D eigenvalue weighted by atomic mass is 79.9. The fourth-order valence-corrected chi connectivity index (χ4v) is 3.24. The Morgan fingerprint density at radius 2 is 2.00 bits per heavy atom. The number of benzene rings is 1. The summed E-state index contributed by atoms with van der Waals surface area (Å²) in [4.78, 5) is 7.17. The molecule has 2 aromatic rings. The highest BCUT2D eigenvalue weighted by molar-refractivity contribution is 9.10. The molecule has 0 amide bonds. The first-order valence-corrected chi connectivity index (χ1v) is 8.09. The van der Waals surface area contributed by atoms with Crippen LogP contribution in [0.5, 0.6) is 0 Å². The maximum absolute atomic E-state index is 4.63. The van der Waals surface area contributed by atoms with E-state index in [0.29, 0.717) is 0 Å². The molecule has 1 aromatic heterocycles. The lowest BCUT2D eigenvalue weighted by Crippen LogP contribution is -2.43. The molecule has 3 nitrogen and oxygen atoms in total. The van der Waals surface area contributed by atoms with E-state index >= 15 is 0 Å². The van der Waals surface area contributed by atoms with Crippen LogP contribution in [-0.2, 0) is 6.42 Å². The highest BCUT2D eigenvalue weighted by Gasteiger charge is 2.10. The van der Waals surface area contributed by atoms with Gasteiger partial charge in [0.2, 0.25) is 0 Å². The van der Waals surface area contributed by atoms with Crippen LogP contribution in [0.4, 0.5) is 0 Å². The van der Waals surface area contributed by atoms with E-state index in [0.717, 1.165) is 29.6 Å². The second-order valence-electron chi connectivity index (χ2n) is 5.33. The van der Waals surface area contributed by atoms with E-state index in [2.05, 4.69) is 55.4 Å². The first kappa shape index (κ1) is 14.0. The van der Waals surface area contributed by atoms with Crippen molar-refractivity contribution in [3.05, 3.63) is 40.5 Å². The minimum Gasteiger partial charge on any atom is -0.314 e. The topological polar surface area (TPSA) is 28.2 Å². The molecule has 1 fully saturated rings. The van der Waals surface area contributed by atoms with Crippen LogP contribution in [0.25, 0.3) is 10.9 Å². The van der Waals surface area contributed by atoms with E-state index in [1.807, 2.05) is 6.07 Å². The molecule has 0 spiro atoms. The zero-order valence-electron chi connectivity index (χ0n) is 11.6. The molecule has 20 heavy (non-hydrogen) atoms. The van der Waals surface area contributed by atoms with E-state index in [-0.39, 0.29) is 0 Å². The number of pyridine rings is 1. The predicted octanol–water partition coefficient (Wildman–Crippen LogP) is 2.84. The fourth-order valence-electron chi connectivity index (χ4n) is 2.74. The van der Waals surface area contributed by atoms with Gasteiger partial charge in [-0.2, -0.15) is 0 Å². The standard InChI is InChI=1S/C16H20BrN3/c17-16-14(5-3-9-20-10-7-18-8-11-20)12-13-4-1-2-6-15(13)19-16/h1-2,4,6,12,18H,3,5,7-11H2. The molecule has 106 valence electrons. The molecule has 0 radical (unpaired) electrons. The van der Waals surface area contributed by atoms with Gasteiger partial charge in [-0.1, -0.05) is 18.2 Å². The largest absolute Gasteiger partial charge is 0.314 e. The molecule has 0 atom stereocenters. The van der Waals surface area contributed by atoms with Crippen LogP contribution in [0.1, 0.15) is 12.0 Å². The molecule has 4 heteroatoms. The van der Waals surface area contributed by atoms with E-state index in [9.17, 15) is 0 Å². The second-order valence-corrected chi connectivity index (χ2v) is 6.08. The van der Waals surface area contributed by atoms with Crippen LogP contribution >= 0.6 is 15.9 Å². The molecule has 0 aliphatic carbocycles. The third-order valence-corrected chi connectivity index (χ3v) is 4.57. The third kappa shape index (κ3) is 3.37. The first-order chi connectivity index (χ1) is 9.83.